The van der Waals surface area contributed by atoms with E-state index in [-0.39, 0.29) is 0 Å². The molecule has 2 nitrogen and oxygen atoms in total. The van der Waals surface area contributed by atoms with Gasteiger partial charge in [0.25, 0.3) is 0 Å². The summed E-state index contributed by atoms with van der Waals surface area (Å²) in [4.78, 5) is 5.01. The fourth-order valence-corrected chi connectivity index (χ4v) is 1.55. The van der Waals surface area contributed by atoms with Crippen molar-refractivity contribution in [3.63, 3.8) is 0 Å². The van der Waals surface area contributed by atoms with Crippen LogP contribution in [0, 0.1) is 0 Å². The van der Waals surface area contributed by atoms with E-state index in [9.17, 15) is 0 Å². The Balaban J connectivity index is 2.81. The molecule has 1 aromatic carbocycles. The van der Waals surface area contributed by atoms with Crippen LogP contribution in [0.25, 0.3) is 0 Å². The summed E-state index contributed by atoms with van der Waals surface area (Å²) in [6.07, 6.45) is 0. The molecule has 0 atom stereocenters. The number of hydrogen-bond acceptors (Lipinski definition) is 2. The molecule has 0 aliphatic carbocycles. The molecule has 0 aliphatic heterocycles. The van der Waals surface area contributed by atoms with Crippen molar-refractivity contribution in [2.24, 2.45) is 0 Å². The highest BCUT2D eigenvalue weighted by Gasteiger charge is 2.03. The maximum atomic E-state index is 5.99. The molecule has 72 valence electrons. The minimum atomic E-state index is 0.675. The molecule has 1 rings (SSSR count). The fraction of sp³-hybridized carbons (Fsp3) is 0.333. The molecule has 0 amide bonds. The molecule has 13 heavy (non-hydrogen) atoms. The second kappa shape index (κ2) is 4.96. The Kier molecular flexibility index (Phi) is 4.19. The molecule has 0 aromatic heterocycles. The summed E-state index contributed by atoms with van der Waals surface area (Å²) in [5.74, 6) is 0. The normalized spacial score (nSPS) is 10.8. The number of hydroxylamine groups is 2. The summed E-state index contributed by atoms with van der Waals surface area (Å²) in [7, 11) is 3.49. The third-order valence-electron chi connectivity index (χ3n) is 1.71. The summed E-state index contributed by atoms with van der Waals surface area (Å²) in [5, 5.41) is 2.47. The molecule has 0 radical (unpaired) electrons. The van der Waals surface area contributed by atoms with Crippen molar-refractivity contribution in [2.75, 3.05) is 14.2 Å². The van der Waals surface area contributed by atoms with Crippen LogP contribution in [0.4, 0.5) is 0 Å². The van der Waals surface area contributed by atoms with Crippen LogP contribution >= 0.6 is 27.5 Å². The average molecular weight is 265 g/mol. The van der Waals surface area contributed by atoms with Crippen LogP contribution in [0.15, 0.2) is 22.7 Å². The molecule has 4 heteroatoms. The van der Waals surface area contributed by atoms with E-state index in [1.165, 1.54) is 0 Å². The van der Waals surface area contributed by atoms with Gasteiger partial charge >= 0.3 is 0 Å². The minimum Gasteiger partial charge on any atom is -0.302 e. The number of halogens is 2. The molecule has 0 aliphatic rings. The fourth-order valence-electron chi connectivity index (χ4n) is 0.969. The Bertz CT molecular complexity index is 293. The highest BCUT2D eigenvalue weighted by atomic mass is 79.9. The van der Waals surface area contributed by atoms with E-state index in [1.54, 1.807) is 12.2 Å². The van der Waals surface area contributed by atoms with Crippen molar-refractivity contribution < 1.29 is 4.84 Å². The zero-order chi connectivity index (χ0) is 9.84. The summed E-state index contributed by atoms with van der Waals surface area (Å²) in [5.41, 5.74) is 1.04. The van der Waals surface area contributed by atoms with Crippen LogP contribution in [0.1, 0.15) is 5.56 Å². The molecule has 0 unspecified atom stereocenters. The Hall–Kier alpha value is -0.0900. The highest BCUT2D eigenvalue weighted by molar-refractivity contribution is 9.10. The van der Waals surface area contributed by atoms with Gasteiger partial charge in [-0.05, 0) is 23.8 Å². The first-order chi connectivity index (χ1) is 6.13. The number of hydrogen-bond donors (Lipinski definition) is 0. The predicted octanol–water partition coefficient (Wildman–Crippen LogP) is 3.10. The van der Waals surface area contributed by atoms with Gasteiger partial charge in [0.2, 0.25) is 0 Å². The third kappa shape index (κ3) is 3.27. The first kappa shape index (κ1) is 11.0. The van der Waals surface area contributed by atoms with E-state index in [2.05, 4.69) is 15.9 Å². The Labute approximate surface area is 91.5 Å². The SMILES string of the molecule is CON(C)Cc1cc(Br)ccc1Cl. The molecule has 0 saturated heterocycles. The topological polar surface area (TPSA) is 12.5 Å². The van der Waals surface area contributed by atoms with Crippen LogP contribution in [-0.2, 0) is 11.4 Å². The maximum Gasteiger partial charge on any atom is 0.0575 e. The number of benzene rings is 1. The van der Waals surface area contributed by atoms with Crippen molar-refractivity contribution in [1.29, 1.82) is 0 Å². The standard InChI is InChI=1S/C9H11BrClNO/c1-12(13-2)6-7-5-8(10)3-4-9(7)11/h3-5H,6H2,1-2H3. The van der Waals surface area contributed by atoms with Crippen molar-refractivity contribution >= 4 is 27.5 Å². The molecule has 0 saturated carbocycles. The molecular formula is C9H11BrClNO. The van der Waals surface area contributed by atoms with Crippen LogP contribution in [-0.4, -0.2) is 19.2 Å². The lowest BCUT2D eigenvalue weighted by Gasteiger charge is -2.14. The van der Waals surface area contributed by atoms with Crippen LogP contribution in [0.3, 0.4) is 0 Å². The van der Waals surface area contributed by atoms with Gasteiger partial charge in [-0.25, -0.2) is 0 Å². The molecule has 0 bridgehead atoms. The first-order valence-electron chi connectivity index (χ1n) is 3.82. The molecule has 0 heterocycles. The van der Waals surface area contributed by atoms with Gasteiger partial charge in [-0.1, -0.05) is 27.5 Å². The second-order valence-electron chi connectivity index (χ2n) is 2.70. The van der Waals surface area contributed by atoms with Gasteiger partial charge in [0.05, 0.1) is 13.7 Å². The van der Waals surface area contributed by atoms with Crippen molar-refractivity contribution in [3.8, 4) is 0 Å². The van der Waals surface area contributed by atoms with E-state index >= 15 is 0 Å². The highest BCUT2D eigenvalue weighted by Crippen LogP contribution is 2.21. The van der Waals surface area contributed by atoms with Gasteiger partial charge in [-0.2, -0.15) is 5.06 Å². The van der Waals surface area contributed by atoms with Gasteiger partial charge in [0, 0.05) is 16.5 Å². The van der Waals surface area contributed by atoms with Gasteiger partial charge in [-0.15, -0.1) is 0 Å². The van der Waals surface area contributed by atoms with Crippen molar-refractivity contribution in [2.45, 2.75) is 6.54 Å². The lowest BCUT2D eigenvalue weighted by molar-refractivity contribution is -0.116. The zero-order valence-electron chi connectivity index (χ0n) is 7.55. The Morgan fingerprint density at radius 3 is 2.85 bits per heavy atom. The Morgan fingerprint density at radius 1 is 1.54 bits per heavy atom. The number of nitrogens with zero attached hydrogens (tertiary/aromatic N) is 1. The zero-order valence-corrected chi connectivity index (χ0v) is 9.89. The third-order valence-corrected chi connectivity index (χ3v) is 2.57. The Morgan fingerprint density at radius 2 is 2.23 bits per heavy atom. The van der Waals surface area contributed by atoms with Crippen LogP contribution in [0.5, 0.6) is 0 Å². The monoisotopic (exact) mass is 263 g/mol. The summed E-state index contributed by atoms with van der Waals surface area (Å²) >= 11 is 9.38. The van der Waals surface area contributed by atoms with Crippen molar-refractivity contribution in [3.05, 3.63) is 33.3 Å². The quantitative estimate of drug-likeness (QED) is 0.778. The summed E-state index contributed by atoms with van der Waals surface area (Å²) in [6.45, 7) is 0.675. The van der Waals surface area contributed by atoms with Gasteiger partial charge < -0.3 is 4.84 Å². The smallest absolute Gasteiger partial charge is 0.0575 e. The van der Waals surface area contributed by atoms with E-state index in [1.807, 2.05) is 25.2 Å². The molecule has 1 aromatic rings. The summed E-state index contributed by atoms with van der Waals surface area (Å²) in [6, 6.07) is 5.76. The molecule has 0 N–H and O–H groups in total. The molecular weight excluding hydrogens is 253 g/mol. The van der Waals surface area contributed by atoms with E-state index in [0.29, 0.717) is 6.54 Å². The lowest BCUT2D eigenvalue weighted by atomic mass is 10.2. The van der Waals surface area contributed by atoms with E-state index in [0.717, 1.165) is 15.1 Å². The predicted molar refractivity (Wildman–Crippen MR) is 57.6 cm³/mol. The summed E-state index contributed by atoms with van der Waals surface area (Å²) < 4.78 is 1.02. The van der Waals surface area contributed by atoms with Gasteiger partial charge in [-0.3, -0.25) is 0 Å². The van der Waals surface area contributed by atoms with E-state index in [4.69, 9.17) is 16.4 Å². The maximum absolute atomic E-state index is 5.99. The van der Waals surface area contributed by atoms with Crippen LogP contribution in [0.2, 0.25) is 5.02 Å². The van der Waals surface area contributed by atoms with E-state index < -0.39 is 0 Å². The largest absolute Gasteiger partial charge is 0.302 e. The number of rotatable bonds is 3. The minimum absolute atomic E-state index is 0.675. The van der Waals surface area contributed by atoms with Gasteiger partial charge in [0.15, 0.2) is 0 Å². The van der Waals surface area contributed by atoms with Crippen molar-refractivity contribution in [1.82, 2.24) is 5.06 Å². The lowest BCUT2D eigenvalue weighted by Crippen LogP contribution is -2.15. The molecule has 0 spiro atoms. The van der Waals surface area contributed by atoms with Gasteiger partial charge in [0.1, 0.15) is 0 Å². The first-order valence-corrected chi connectivity index (χ1v) is 4.99. The average Bonchev–Trinajstić information content (AvgIpc) is 2.11. The second-order valence-corrected chi connectivity index (χ2v) is 4.03. The van der Waals surface area contributed by atoms with Crippen LogP contribution < -0.4 is 0 Å². The molecule has 0 fully saturated rings.